The van der Waals surface area contributed by atoms with Crippen molar-refractivity contribution in [2.45, 2.75) is 19.8 Å². The molecule has 0 aliphatic carbocycles. The van der Waals surface area contributed by atoms with E-state index in [-0.39, 0.29) is 11.3 Å². The molecule has 4 N–H and O–H groups in total. The lowest BCUT2D eigenvalue weighted by Gasteiger charge is -2.07. The molecule has 0 unspecified atom stereocenters. The first kappa shape index (κ1) is 13.9. The first-order valence-corrected chi connectivity index (χ1v) is 6.37. The summed E-state index contributed by atoms with van der Waals surface area (Å²) in [7, 11) is 0. The van der Waals surface area contributed by atoms with Gasteiger partial charge < -0.3 is 15.5 Å². The molecule has 6 heteroatoms. The smallest absolute Gasteiger partial charge is 0.255 e. The molecule has 0 aliphatic rings. The lowest BCUT2D eigenvalue weighted by Crippen LogP contribution is -2.24. The van der Waals surface area contributed by atoms with Crippen LogP contribution in [0.25, 0.3) is 0 Å². The Bertz CT molecular complexity index is 607. The summed E-state index contributed by atoms with van der Waals surface area (Å²) in [5, 5.41) is 28.4. The fourth-order valence-electron chi connectivity index (χ4n) is 1.92. The van der Waals surface area contributed by atoms with Crippen LogP contribution >= 0.6 is 0 Å². The lowest BCUT2D eigenvalue weighted by molar-refractivity contribution is 0.0950. The van der Waals surface area contributed by atoms with E-state index in [4.69, 9.17) is 0 Å². The maximum atomic E-state index is 11.8. The van der Waals surface area contributed by atoms with Crippen molar-refractivity contribution >= 4 is 5.91 Å². The Balaban J connectivity index is 1.84. The Hall–Kier alpha value is -2.50. The summed E-state index contributed by atoms with van der Waals surface area (Å²) in [5.74, 6) is -1.09. The maximum absolute atomic E-state index is 11.8. The van der Waals surface area contributed by atoms with Gasteiger partial charge in [-0.2, -0.15) is 5.10 Å². The number of aromatic nitrogens is 2. The highest BCUT2D eigenvalue weighted by Gasteiger charge is 2.13. The number of amides is 1. The highest BCUT2D eigenvalue weighted by molar-refractivity contribution is 5.97. The minimum absolute atomic E-state index is 0.0736. The molecule has 0 saturated heterocycles. The van der Waals surface area contributed by atoms with Gasteiger partial charge in [0.1, 0.15) is 0 Å². The van der Waals surface area contributed by atoms with Crippen LogP contribution in [0.4, 0.5) is 0 Å². The van der Waals surface area contributed by atoms with Gasteiger partial charge in [-0.3, -0.25) is 9.89 Å². The zero-order chi connectivity index (χ0) is 14.5. The number of benzene rings is 1. The summed E-state index contributed by atoms with van der Waals surface area (Å²) >= 11 is 0. The summed E-state index contributed by atoms with van der Waals surface area (Å²) < 4.78 is 0. The van der Waals surface area contributed by atoms with Crippen LogP contribution in [0.1, 0.15) is 28.0 Å². The molecule has 0 spiro atoms. The molecule has 1 aromatic carbocycles. The zero-order valence-corrected chi connectivity index (χ0v) is 11.2. The van der Waals surface area contributed by atoms with Gasteiger partial charge in [-0.1, -0.05) is 6.07 Å². The second-order valence-corrected chi connectivity index (χ2v) is 4.55. The molecule has 2 rings (SSSR count). The third-order valence-electron chi connectivity index (χ3n) is 3.10. The normalized spacial score (nSPS) is 10.4. The number of aromatic amines is 1. The first-order chi connectivity index (χ1) is 9.59. The van der Waals surface area contributed by atoms with Crippen LogP contribution in [-0.2, 0) is 6.42 Å². The predicted octanol–water partition coefficient (Wildman–Crippen LogP) is 1.49. The second kappa shape index (κ2) is 6.10. The van der Waals surface area contributed by atoms with Crippen LogP contribution in [0.15, 0.2) is 24.4 Å². The van der Waals surface area contributed by atoms with E-state index >= 15 is 0 Å². The van der Waals surface area contributed by atoms with E-state index in [2.05, 4.69) is 15.5 Å². The Kier molecular flexibility index (Phi) is 4.24. The highest BCUT2D eigenvalue weighted by Crippen LogP contribution is 2.27. The van der Waals surface area contributed by atoms with E-state index in [1.54, 1.807) is 6.20 Å². The molecule has 1 heterocycles. The summed E-state index contributed by atoms with van der Waals surface area (Å²) in [6.45, 7) is 2.43. The van der Waals surface area contributed by atoms with Gasteiger partial charge in [-0.05, 0) is 37.5 Å². The highest BCUT2D eigenvalue weighted by atomic mass is 16.3. The number of H-pyrrole nitrogens is 1. The fraction of sp³-hybridized carbons (Fsp3) is 0.286. The number of aromatic hydroxyl groups is 2. The Morgan fingerprint density at radius 3 is 2.90 bits per heavy atom. The monoisotopic (exact) mass is 275 g/mol. The topological polar surface area (TPSA) is 98.2 Å². The van der Waals surface area contributed by atoms with Crippen LogP contribution in [0.3, 0.4) is 0 Å². The van der Waals surface area contributed by atoms with Gasteiger partial charge in [0.25, 0.3) is 5.91 Å². The van der Waals surface area contributed by atoms with Crippen molar-refractivity contribution in [3.63, 3.8) is 0 Å². The second-order valence-electron chi connectivity index (χ2n) is 4.55. The van der Waals surface area contributed by atoms with Crippen LogP contribution in [0, 0.1) is 6.92 Å². The van der Waals surface area contributed by atoms with Crippen LogP contribution < -0.4 is 5.32 Å². The quantitative estimate of drug-likeness (QED) is 0.491. The third-order valence-corrected chi connectivity index (χ3v) is 3.10. The van der Waals surface area contributed by atoms with Crippen molar-refractivity contribution in [2.75, 3.05) is 6.54 Å². The largest absolute Gasteiger partial charge is 0.504 e. The minimum Gasteiger partial charge on any atom is -0.504 e. The standard InChI is InChI=1S/C14H17N3O3/c1-9-10(8-16-17-9)4-3-7-15-14(20)11-5-2-6-12(18)13(11)19/h2,5-6,8,18-19H,3-4,7H2,1H3,(H,15,20)(H,16,17). The summed E-state index contributed by atoms with van der Waals surface area (Å²) in [5.41, 5.74) is 2.23. The number of phenols is 2. The Morgan fingerprint density at radius 1 is 1.40 bits per heavy atom. The fourth-order valence-corrected chi connectivity index (χ4v) is 1.92. The van der Waals surface area contributed by atoms with Crippen molar-refractivity contribution in [3.8, 4) is 11.5 Å². The SMILES string of the molecule is Cc1[nH]ncc1CCCNC(=O)c1cccc(O)c1O. The van der Waals surface area contributed by atoms with Gasteiger partial charge in [0.05, 0.1) is 11.8 Å². The van der Waals surface area contributed by atoms with E-state index in [1.807, 2.05) is 6.92 Å². The number of carbonyl (C=O) groups excluding carboxylic acids is 1. The number of aryl methyl sites for hydroxylation is 2. The molecule has 2 aromatic rings. The van der Waals surface area contributed by atoms with Crippen molar-refractivity contribution in [1.29, 1.82) is 0 Å². The summed E-state index contributed by atoms with van der Waals surface area (Å²) in [6, 6.07) is 4.30. The van der Waals surface area contributed by atoms with Crippen molar-refractivity contribution in [2.24, 2.45) is 0 Å². The maximum Gasteiger partial charge on any atom is 0.255 e. The summed E-state index contributed by atoms with van der Waals surface area (Å²) in [4.78, 5) is 11.8. The molecular weight excluding hydrogens is 258 g/mol. The number of carbonyl (C=O) groups is 1. The molecule has 106 valence electrons. The van der Waals surface area contributed by atoms with Gasteiger partial charge in [0, 0.05) is 12.2 Å². The number of hydrogen-bond donors (Lipinski definition) is 4. The molecule has 1 aromatic heterocycles. The molecule has 0 bridgehead atoms. The Labute approximate surface area is 116 Å². The molecule has 0 fully saturated rings. The molecule has 0 saturated carbocycles. The minimum atomic E-state index is -0.401. The van der Waals surface area contributed by atoms with Crippen LogP contribution in [0.5, 0.6) is 11.5 Å². The molecular formula is C14H17N3O3. The van der Waals surface area contributed by atoms with Crippen molar-refractivity contribution in [3.05, 3.63) is 41.2 Å². The molecule has 20 heavy (non-hydrogen) atoms. The number of nitrogens with one attached hydrogen (secondary N) is 2. The van der Waals surface area contributed by atoms with Gasteiger partial charge in [0.2, 0.25) is 0 Å². The van der Waals surface area contributed by atoms with Gasteiger partial charge in [-0.25, -0.2) is 0 Å². The number of phenolic OH excluding ortho intramolecular Hbond substituents is 2. The zero-order valence-electron chi connectivity index (χ0n) is 11.2. The van der Waals surface area contributed by atoms with Crippen LogP contribution in [0.2, 0.25) is 0 Å². The lowest BCUT2D eigenvalue weighted by atomic mass is 10.1. The van der Waals surface area contributed by atoms with E-state index in [9.17, 15) is 15.0 Å². The van der Waals surface area contributed by atoms with E-state index < -0.39 is 11.7 Å². The number of rotatable bonds is 5. The van der Waals surface area contributed by atoms with Crippen molar-refractivity contribution < 1.29 is 15.0 Å². The van der Waals surface area contributed by atoms with Crippen LogP contribution in [-0.4, -0.2) is 32.9 Å². The van der Waals surface area contributed by atoms with Gasteiger partial charge in [0.15, 0.2) is 11.5 Å². The third kappa shape index (κ3) is 3.09. The van der Waals surface area contributed by atoms with Gasteiger partial charge >= 0.3 is 0 Å². The first-order valence-electron chi connectivity index (χ1n) is 6.37. The summed E-state index contributed by atoms with van der Waals surface area (Å²) in [6.07, 6.45) is 3.36. The number of nitrogens with zero attached hydrogens (tertiary/aromatic N) is 1. The average Bonchev–Trinajstić information content (AvgIpc) is 2.83. The van der Waals surface area contributed by atoms with Crippen molar-refractivity contribution in [1.82, 2.24) is 15.5 Å². The van der Waals surface area contributed by atoms with E-state index in [0.717, 1.165) is 24.1 Å². The Morgan fingerprint density at radius 2 is 2.20 bits per heavy atom. The predicted molar refractivity (Wildman–Crippen MR) is 73.8 cm³/mol. The number of para-hydroxylation sites is 1. The average molecular weight is 275 g/mol. The molecule has 0 atom stereocenters. The van der Waals surface area contributed by atoms with Gasteiger partial charge in [-0.15, -0.1) is 0 Å². The van der Waals surface area contributed by atoms with E-state index in [1.165, 1.54) is 18.2 Å². The van der Waals surface area contributed by atoms with E-state index in [0.29, 0.717) is 6.54 Å². The molecule has 0 radical (unpaired) electrons. The molecule has 6 nitrogen and oxygen atoms in total. The molecule has 0 aliphatic heterocycles. The number of hydrogen-bond acceptors (Lipinski definition) is 4. The molecule has 1 amide bonds.